The molecule has 0 spiro atoms. The van der Waals surface area contributed by atoms with Gasteiger partial charge >= 0.3 is 6.03 Å². The van der Waals surface area contributed by atoms with Crippen LogP contribution in [0.2, 0.25) is 0 Å². The summed E-state index contributed by atoms with van der Waals surface area (Å²) in [5, 5.41) is 2.98. The molecule has 0 fully saturated rings. The second-order valence-electron chi connectivity index (χ2n) is 6.24. The van der Waals surface area contributed by atoms with Crippen molar-refractivity contribution in [3.8, 4) is 0 Å². The SMILES string of the molecule is CCN(C(=O)Nc1cccc(COC(C)C)c1)[C@H](C)c1cccnc1. The number of carbonyl (C=O) groups is 1. The van der Waals surface area contributed by atoms with Gasteiger partial charge in [0.25, 0.3) is 0 Å². The maximum absolute atomic E-state index is 12.7. The fourth-order valence-corrected chi connectivity index (χ4v) is 2.59. The number of aromatic nitrogens is 1. The number of nitrogens with zero attached hydrogens (tertiary/aromatic N) is 2. The van der Waals surface area contributed by atoms with Crippen LogP contribution >= 0.6 is 0 Å². The Morgan fingerprint density at radius 2 is 2.04 bits per heavy atom. The third-order valence-electron chi connectivity index (χ3n) is 4.00. The van der Waals surface area contributed by atoms with Gasteiger partial charge in [0.05, 0.1) is 18.8 Å². The highest BCUT2D eigenvalue weighted by Crippen LogP contribution is 2.21. The monoisotopic (exact) mass is 341 g/mol. The normalized spacial score (nSPS) is 12.0. The Morgan fingerprint density at radius 1 is 1.24 bits per heavy atom. The zero-order valence-corrected chi connectivity index (χ0v) is 15.4. The van der Waals surface area contributed by atoms with Crippen molar-refractivity contribution in [2.75, 3.05) is 11.9 Å². The van der Waals surface area contributed by atoms with E-state index in [9.17, 15) is 4.79 Å². The molecule has 0 aliphatic rings. The number of benzene rings is 1. The minimum Gasteiger partial charge on any atom is -0.374 e. The van der Waals surface area contributed by atoms with Crippen molar-refractivity contribution in [1.82, 2.24) is 9.88 Å². The highest BCUT2D eigenvalue weighted by atomic mass is 16.5. The lowest BCUT2D eigenvalue weighted by Crippen LogP contribution is -2.36. The van der Waals surface area contributed by atoms with Gasteiger partial charge in [-0.2, -0.15) is 0 Å². The number of ether oxygens (including phenoxy) is 1. The molecule has 1 aromatic heterocycles. The van der Waals surface area contributed by atoms with E-state index in [0.29, 0.717) is 13.2 Å². The summed E-state index contributed by atoms with van der Waals surface area (Å²) < 4.78 is 5.62. The number of amides is 2. The molecule has 5 nitrogen and oxygen atoms in total. The van der Waals surface area contributed by atoms with E-state index in [1.807, 2.05) is 64.1 Å². The van der Waals surface area contributed by atoms with E-state index in [1.165, 1.54) is 0 Å². The van der Waals surface area contributed by atoms with Gasteiger partial charge in [0.1, 0.15) is 0 Å². The molecule has 0 aliphatic carbocycles. The van der Waals surface area contributed by atoms with Gasteiger partial charge in [0, 0.05) is 24.6 Å². The predicted octanol–water partition coefficient (Wildman–Crippen LogP) is 4.62. The average Bonchev–Trinajstić information content (AvgIpc) is 2.61. The first-order chi connectivity index (χ1) is 12.0. The van der Waals surface area contributed by atoms with Crippen LogP contribution in [0.1, 0.15) is 44.9 Å². The molecular formula is C20H27N3O2. The smallest absolute Gasteiger partial charge is 0.322 e. The lowest BCUT2D eigenvalue weighted by Gasteiger charge is -2.28. The second kappa shape index (κ2) is 9.18. The quantitative estimate of drug-likeness (QED) is 0.799. The topological polar surface area (TPSA) is 54.5 Å². The lowest BCUT2D eigenvalue weighted by molar-refractivity contribution is 0.0657. The molecule has 1 heterocycles. The lowest BCUT2D eigenvalue weighted by atomic mass is 10.1. The number of pyridine rings is 1. The van der Waals surface area contributed by atoms with Gasteiger partial charge < -0.3 is 15.0 Å². The van der Waals surface area contributed by atoms with Crippen molar-refractivity contribution in [2.45, 2.75) is 46.4 Å². The molecule has 2 aromatic rings. The largest absolute Gasteiger partial charge is 0.374 e. The molecule has 0 radical (unpaired) electrons. The van der Waals surface area contributed by atoms with Crippen LogP contribution in [-0.4, -0.2) is 28.6 Å². The molecule has 0 saturated heterocycles. The van der Waals surface area contributed by atoms with E-state index in [-0.39, 0.29) is 18.2 Å². The van der Waals surface area contributed by atoms with E-state index in [0.717, 1.165) is 16.8 Å². The molecule has 1 N–H and O–H groups in total. The van der Waals surface area contributed by atoms with E-state index in [1.54, 1.807) is 17.3 Å². The van der Waals surface area contributed by atoms with Gasteiger partial charge in [-0.1, -0.05) is 18.2 Å². The first kappa shape index (κ1) is 18.9. The van der Waals surface area contributed by atoms with E-state index in [4.69, 9.17) is 4.74 Å². The molecule has 0 unspecified atom stereocenters. The average molecular weight is 341 g/mol. The summed E-state index contributed by atoms with van der Waals surface area (Å²) in [4.78, 5) is 18.6. The van der Waals surface area contributed by atoms with Crippen molar-refractivity contribution in [1.29, 1.82) is 0 Å². The van der Waals surface area contributed by atoms with Crippen LogP contribution in [0, 0.1) is 0 Å². The number of anilines is 1. The second-order valence-corrected chi connectivity index (χ2v) is 6.24. The predicted molar refractivity (Wildman–Crippen MR) is 100 cm³/mol. The summed E-state index contributed by atoms with van der Waals surface area (Å²) in [5.41, 5.74) is 2.82. The Bertz CT molecular complexity index is 674. The van der Waals surface area contributed by atoms with Gasteiger partial charge in [-0.3, -0.25) is 4.98 Å². The summed E-state index contributed by atoms with van der Waals surface area (Å²) in [5.74, 6) is 0. The van der Waals surface area contributed by atoms with E-state index >= 15 is 0 Å². The number of nitrogens with one attached hydrogen (secondary N) is 1. The molecule has 2 amide bonds. The van der Waals surface area contributed by atoms with Crippen molar-refractivity contribution >= 4 is 11.7 Å². The van der Waals surface area contributed by atoms with Crippen LogP contribution in [-0.2, 0) is 11.3 Å². The van der Waals surface area contributed by atoms with E-state index < -0.39 is 0 Å². The van der Waals surface area contributed by atoms with Gasteiger partial charge in [-0.25, -0.2) is 4.79 Å². The minimum absolute atomic E-state index is 0.0499. The number of hydrogen-bond acceptors (Lipinski definition) is 3. The summed E-state index contributed by atoms with van der Waals surface area (Å²) in [6.07, 6.45) is 3.70. The Morgan fingerprint density at radius 3 is 2.68 bits per heavy atom. The Kier molecular flexibility index (Phi) is 6.95. The molecular weight excluding hydrogens is 314 g/mol. The number of carbonyl (C=O) groups excluding carboxylic acids is 1. The van der Waals surface area contributed by atoms with Crippen molar-refractivity contribution in [3.63, 3.8) is 0 Å². The first-order valence-electron chi connectivity index (χ1n) is 8.69. The number of urea groups is 1. The highest BCUT2D eigenvalue weighted by molar-refractivity contribution is 5.89. The summed E-state index contributed by atoms with van der Waals surface area (Å²) in [7, 11) is 0. The van der Waals surface area contributed by atoms with Crippen molar-refractivity contribution in [3.05, 3.63) is 59.9 Å². The van der Waals surface area contributed by atoms with Crippen LogP contribution < -0.4 is 5.32 Å². The maximum atomic E-state index is 12.7. The van der Waals surface area contributed by atoms with Gasteiger partial charge in [-0.05, 0) is 57.0 Å². The Labute approximate surface area is 150 Å². The summed E-state index contributed by atoms with van der Waals surface area (Å²) >= 11 is 0. The van der Waals surface area contributed by atoms with E-state index in [2.05, 4.69) is 10.3 Å². The highest BCUT2D eigenvalue weighted by Gasteiger charge is 2.20. The fraction of sp³-hybridized carbons (Fsp3) is 0.400. The number of hydrogen-bond donors (Lipinski definition) is 1. The standard InChI is InChI=1S/C20H27N3O2/c1-5-23(16(4)18-9-7-11-21-13-18)20(24)22-19-10-6-8-17(12-19)14-25-15(2)3/h6-13,15-16H,5,14H2,1-4H3,(H,22,24)/t16-/m1/s1. The molecule has 5 heteroatoms. The van der Waals surface area contributed by atoms with Crippen LogP contribution in [0.25, 0.3) is 0 Å². The molecule has 1 aromatic carbocycles. The summed E-state index contributed by atoms with van der Waals surface area (Å²) in [6, 6.07) is 11.4. The zero-order chi connectivity index (χ0) is 18.2. The summed E-state index contributed by atoms with van der Waals surface area (Å²) in [6.45, 7) is 9.13. The van der Waals surface area contributed by atoms with Gasteiger partial charge in [-0.15, -0.1) is 0 Å². The van der Waals surface area contributed by atoms with Crippen LogP contribution in [0.5, 0.6) is 0 Å². The minimum atomic E-state index is -0.124. The molecule has 134 valence electrons. The molecule has 25 heavy (non-hydrogen) atoms. The Balaban J connectivity index is 2.05. The van der Waals surface area contributed by atoms with Gasteiger partial charge in [0.15, 0.2) is 0 Å². The molecule has 0 saturated carbocycles. The maximum Gasteiger partial charge on any atom is 0.322 e. The molecule has 0 aliphatic heterocycles. The third-order valence-corrected chi connectivity index (χ3v) is 4.00. The first-order valence-corrected chi connectivity index (χ1v) is 8.69. The number of rotatable bonds is 7. The van der Waals surface area contributed by atoms with Crippen LogP contribution in [0.15, 0.2) is 48.8 Å². The third kappa shape index (κ3) is 5.57. The van der Waals surface area contributed by atoms with Crippen LogP contribution in [0.3, 0.4) is 0 Å². The molecule has 0 bridgehead atoms. The zero-order valence-electron chi connectivity index (χ0n) is 15.4. The van der Waals surface area contributed by atoms with Crippen LogP contribution in [0.4, 0.5) is 10.5 Å². The fourth-order valence-electron chi connectivity index (χ4n) is 2.59. The molecule has 2 rings (SSSR count). The molecule has 1 atom stereocenters. The van der Waals surface area contributed by atoms with Gasteiger partial charge in [0.2, 0.25) is 0 Å². The Hall–Kier alpha value is -2.40. The van der Waals surface area contributed by atoms with Crippen molar-refractivity contribution in [2.24, 2.45) is 0 Å². The van der Waals surface area contributed by atoms with Crippen molar-refractivity contribution < 1.29 is 9.53 Å².